The van der Waals surface area contributed by atoms with Crippen molar-refractivity contribution in [1.82, 2.24) is 16.0 Å². The number of methoxy groups -OCH3 is 1. The van der Waals surface area contributed by atoms with E-state index in [-0.39, 0.29) is 37.2 Å². The third-order valence-corrected chi connectivity index (χ3v) is 5.09. The molecule has 0 aliphatic carbocycles. The van der Waals surface area contributed by atoms with Gasteiger partial charge in [0.15, 0.2) is 0 Å². The number of amides is 3. The lowest BCUT2D eigenvalue weighted by atomic mass is 10.0. The average molecular weight is 491 g/mol. The highest BCUT2D eigenvalue weighted by Gasteiger charge is 2.26. The minimum atomic E-state index is -0.864. The summed E-state index contributed by atoms with van der Waals surface area (Å²) >= 11 is 0. The monoisotopic (exact) mass is 490 g/mol. The first kappa shape index (κ1) is 29.6. The fourth-order valence-electron chi connectivity index (χ4n) is 3.27. The van der Waals surface area contributed by atoms with E-state index in [1.54, 1.807) is 18.2 Å². The highest BCUT2D eigenvalue weighted by Crippen LogP contribution is 2.14. The summed E-state index contributed by atoms with van der Waals surface area (Å²) < 4.78 is 10.1. The standard InChI is InChI=1S/C25H38N4O6/c1-4-16-35-20-12-10-19(11-13-20)17-22(28-18(2)30)25(33)29-21(8-5-6-14-26)24(32)27-15-7-9-23(31)34-3/h4,10-13,21-22H,1,5-9,14-17,26H2,2-3H3,(H,27,32)(H,28,30)(H,29,33)/t21-,22-/m0/s1. The lowest BCUT2D eigenvalue weighted by Crippen LogP contribution is -2.54. The van der Waals surface area contributed by atoms with Crippen LogP contribution in [0.2, 0.25) is 0 Å². The molecular formula is C25H38N4O6. The van der Waals surface area contributed by atoms with Crippen LogP contribution in [0.3, 0.4) is 0 Å². The molecule has 5 N–H and O–H groups in total. The van der Waals surface area contributed by atoms with Crippen LogP contribution < -0.4 is 26.4 Å². The van der Waals surface area contributed by atoms with E-state index in [1.165, 1.54) is 14.0 Å². The SMILES string of the molecule is C=CCOc1ccc(C[C@H](NC(C)=O)C(=O)N[C@@H](CCCCN)C(=O)NCCCC(=O)OC)cc1. The molecule has 0 aromatic heterocycles. The zero-order chi connectivity index (χ0) is 26.1. The van der Waals surface area contributed by atoms with Gasteiger partial charge in [-0.05, 0) is 49.9 Å². The Bertz CT molecular complexity index is 828. The first-order chi connectivity index (χ1) is 16.8. The number of hydrogen-bond acceptors (Lipinski definition) is 7. The number of esters is 1. The predicted octanol–water partition coefficient (Wildman–Crippen LogP) is 0.982. The minimum Gasteiger partial charge on any atom is -0.490 e. The van der Waals surface area contributed by atoms with Crippen molar-refractivity contribution >= 4 is 23.7 Å². The third kappa shape index (κ3) is 12.6. The summed E-state index contributed by atoms with van der Waals surface area (Å²) in [6.07, 6.45) is 4.24. The quantitative estimate of drug-likeness (QED) is 0.144. The van der Waals surface area contributed by atoms with Gasteiger partial charge in [-0.2, -0.15) is 0 Å². The molecule has 3 amide bonds. The van der Waals surface area contributed by atoms with Crippen LogP contribution >= 0.6 is 0 Å². The van der Waals surface area contributed by atoms with Crippen molar-refractivity contribution in [3.05, 3.63) is 42.5 Å². The maximum Gasteiger partial charge on any atom is 0.305 e. The largest absolute Gasteiger partial charge is 0.490 e. The number of rotatable bonds is 17. The number of unbranched alkanes of at least 4 members (excludes halogenated alkanes) is 1. The van der Waals surface area contributed by atoms with Gasteiger partial charge < -0.3 is 31.2 Å². The molecule has 35 heavy (non-hydrogen) atoms. The first-order valence-electron chi connectivity index (χ1n) is 11.7. The van der Waals surface area contributed by atoms with Crippen LogP contribution in [0, 0.1) is 0 Å². The van der Waals surface area contributed by atoms with E-state index in [1.807, 2.05) is 12.1 Å². The van der Waals surface area contributed by atoms with Crippen molar-refractivity contribution in [2.75, 3.05) is 26.8 Å². The molecule has 1 aromatic carbocycles. The van der Waals surface area contributed by atoms with Gasteiger partial charge >= 0.3 is 5.97 Å². The summed E-state index contributed by atoms with van der Waals surface area (Å²) in [6.45, 7) is 6.07. The lowest BCUT2D eigenvalue weighted by Gasteiger charge is -2.23. The van der Waals surface area contributed by atoms with E-state index < -0.39 is 18.0 Å². The molecule has 10 nitrogen and oxygen atoms in total. The van der Waals surface area contributed by atoms with E-state index in [0.29, 0.717) is 44.6 Å². The molecule has 0 bridgehead atoms. The van der Waals surface area contributed by atoms with Crippen LogP contribution in [-0.4, -0.2) is 62.6 Å². The van der Waals surface area contributed by atoms with Crippen LogP contribution in [0.1, 0.15) is 44.6 Å². The maximum absolute atomic E-state index is 13.1. The molecule has 0 unspecified atom stereocenters. The molecule has 194 valence electrons. The molecular weight excluding hydrogens is 452 g/mol. The Balaban J connectivity index is 2.82. The summed E-state index contributed by atoms with van der Waals surface area (Å²) in [7, 11) is 1.31. The molecule has 0 aliphatic heterocycles. The van der Waals surface area contributed by atoms with E-state index in [4.69, 9.17) is 10.5 Å². The molecule has 0 saturated carbocycles. The summed E-state index contributed by atoms with van der Waals surface area (Å²) in [4.78, 5) is 48.8. The number of carbonyl (C=O) groups excluding carboxylic acids is 4. The van der Waals surface area contributed by atoms with Crippen molar-refractivity contribution < 1.29 is 28.7 Å². The molecule has 0 heterocycles. The number of nitrogens with two attached hydrogens (primary N) is 1. The van der Waals surface area contributed by atoms with Crippen molar-refractivity contribution in [1.29, 1.82) is 0 Å². The molecule has 0 saturated heterocycles. The predicted molar refractivity (Wildman–Crippen MR) is 133 cm³/mol. The topological polar surface area (TPSA) is 149 Å². The zero-order valence-corrected chi connectivity index (χ0v) is 20.6. The molecule has 10 heteroatoms. The summed E-state index contributed by atoms with van der Waals surface area (Å²) in [5.41, 5.74) is 6.38. The zero-order valence-electron chi connectivity index (χ0n) is 20.6. The molecule has 1 rings (SSSR count). The van der Waals surface area contributed by atoms with Crippen molar-refractivity contribution in [2.24, 2.45) is 5.73 Å². The van der Waals surface area contributed by atoms with E-state index in [2.05, 4.69) is 27.3 Å². The maximum atomic E-state index is 13.1. The summed E-state index contributed by atoms with van der Waals surface area (Å²) in [6, 6.07) is 5.52. The number of benzene rings is 1. The second-order valence-corrected chi connectivity index (χ2v) is 8.02. The fraction of sp³-hybridized carbons (Fsp3) is 0.520. The highest BCUT2D eigenvalue weighted by molar-refractivity contribution is 5.92. The van der Waals surface area contributed by atoms with Gasteiger partial charge in [-0.1, -0.05) is 24.8 Å². The Morgan fingerprint density at radius 2 is 1.74 bits per heavy atom. The van der Waals surface area contributed by atoms with Crippen molar-refractivity contribution in [3.63, 3.8) is 0 Å². The number of ether oxygens (including phenoxy) is 2. The molecule has 0 spiro atoms. The van der Waals surface area contributed by atoms with Crippen molar-refractivity contribution in [3.8, 4) is 5.75 Å². The smallest absolute Gasteiger partial charge is 0.305 e. The summed E-state index contributed by atoms with van der Waals surface area (Å²) in [5.74, 6) is -0.869. The van der Waals surface area contributed by atoms with Crippen LogP contribution in [0.15, 0.2) is 36.9 Å². The molecule has 0 aliphatic rings. The third-order valence-electron chi connectivity index (χ3n) is 5.09. The number of carbonyl (C=O) groups is 4. The highest BCUT2D eigenvalue weighted by atomic mass is 16.5. The summed E-state index contributed by atoms with van der Waals surface area (Å²) in [5, 5.41) is 8.17. The van der Waals surface area contributed by atoms with Gasteiger partial charge in [0.1, 0.15) is 24.4 Å². The van der Waals surface area contributed by atoms with Crippen LogP contribution in [0.25, 0.3) is 0 Å². The Hall–Kier alpha value is -3.40. The fourth-order valence-corrected chi connectivity index (χ4v) is 3.27. The Kier molecular flexibility index (Phi) is 14.5. The van der Waals surface area contributed by atoms with Crippen LogP contribution in [-0.2, 0) is 30.3 Å². The average Bonchev–Trinajstić information content (AvgIpc) is 2.84. The first-order valence-corrected chi connectivity index (χ1v) is 11.7. The Morgan fingerprint density at radius 1 is 1.03 bits per heavy atom. The molecule has 1 aromatic rings. The second kappa shape index (κ2) is 17.1. The van der Waals surface area contributed by atoms with Gasteiger partial charge in [0.05, 0.1) is 7.11 Å². The normalized spacial score (nSPS) is 12.1. The minimum absolute atomic E-state index is 0.184. The molecule has 2 atom stereocenters. The second-order valence-electron chi connectivity index (χ2n) is 8.02. The van der Waals surface area contributed by atoms with E-state index in [9.17, 15) is 19.2 Å². The van der Waals surface area contributed by atoms with E-state index in [0.717, 1.165) is 5.56 Å². The van der Waals surface area contributed by atoms with Gasteiger partial charge in [-0.3, -0.25) is 19.2 Å². The Morgan fingerprint density at radius 3 is 2.34 bits per heavy atom. The van der Waals surface area contributed by atoms with Gasteiger partial charge in [-0.15, -0.1) is 0 Å². The van der Waals surface area contributed by atoms with Gasteiger partial charge in [0, 0.05) is 26.3 Å². The van der Waals surface area contributed by atoms with E-state index >= 15 is 0 Å². The van der Waals surface area contributed by atoms with Gasteiger partial charge in [-0.25, -0.2) is 0 Å². The van der Waals surface area contributed by atoms with Crippen LogP contribution in [0.4, 0.5) is 0 Å². The Labute approximate surface area is 207 Å². The number of hydrogen-bond donors (Lipinski definition) is 4. The molecule has 0 radical (unpaired) electrons. The van der Waals surface area contributed by atoms with Crippen molar-refractivity contribution in [2.45, 2.75) is 57.5 Å². The van der Waals surface area contributed by atoms with Crippen LogP contribution in [0.5, 0.6) is 5.75 Å². The lowest BCUT2D eigenvalue weighted by molar-refractivity contribution is -0.140. The number of nitrogens with one attached hydrogen (secondary N) is 3. The molecule has 0 fully saturated rings. The van der Waals surface area contributed by atoms with Gasteiger partial charge in [0.25, 0.3) is 0 Å². The van der Waals surface area contributed by atoms with Gasteiger partial charge in [0.2, 0.25) is 17.7 Å².